The molecule has 0 heterocycles. The molecule has 1 aromatic carbocycles. The van der Waals surface area contributed by atoms with Crippen molar-refractivity contribution in [2.24, 2.45) is 0 Å². The lowest BCUT2D eigenvalue weighted by Gasteiger charge is -2.13. The summed E-state index contributed by atoms with van der Waals surface area (Å²) in [5.74, 6) is -2.38. The third kappa shape index (κ3) is 4.23. The fraction of sp³-hybridized carbons (Fsp3) is 0.364. The van der Waals surface area contributed by atoms with Crippen molar-refractivity contribution >= 4 is 11.6 Å². The molecule has 0 fully saturated rings. The zero-order chi connectivity index (χ0) is 14.6. The predicted molar refractivity (Wildman–Crippen MR) is 60.6 cm³/mol. The fourth-order valence-electron chi connectivity index (χ4n) is 1.39. The van der Waals surface area contributed by atoms with Gasteiger partial charge in [-0.25, -0.2) is 0 Å². The van der Waals surface area contributed by atoms with Gasteiger partial charge in [-0.2, -0.15) is 13.2 Å². The van der Waals surface area contributed by atoms with Crippen molar-refractivity contribution < 1.29 is 22.9 Å². The fourth-order valence-corrected chi connectivity index (χ4v) is 1.39. The van der Waals surface area contributed by atoms with Gasteiger partial charge in [0, 0.05) is 18.7 Å². The van der Waals surface area contributed by atoms with Gasteiger partial charge in [-0.05, 0) is 11.5 Å². The zero-order valence-corrected chi connectivity index (χ0v) is 9.90. The minimum absolute atomic E-state index is 0.102. The van der Waals surface area contributed by atoms with E-state index < -0.39 is 17.0 Å². The summed E-state index contributed by atoms with van der Waals surface area (Å²) < 4.78 is 35.9. The normalized spacial score (nSPS) is 12.8. The average molecular weight is 276 g/mol. The van der Waals surface area contributed by atoms with Gasteiger partial charge in [-0.15, -0.1) is 0 Å². The summed E-state index contributed by atoms with van der Waals surface area (Å²) in [6, 6.07) is 5.42. The molecule has 0 saturated carbocycles. The SMILES string of the molecule is CC(CNC(=O)C(F)(F)F)c1ccc([N+](=O)[O-])cc1. The smallest absolute Gasteiger partial charge is 0.348 e. The van der Waals surface area contributed by atoms with Gasteiger partial charge >= 0.3 is 12.1 Å². The Balaban J connectivity index is 2.61. The molecule has 0 aliphatic rings. The molecule has 1 unspecified atom stereocenters. The highest BCUT2D eigenvalue weighted by atomic mass is 19.4. The number of alkyl halides is 3. The van der Waals surface area contributed by atoms with Gasteiger partial charge in [-0.3, -0.25) is 14.9 Å². The summed E-state index contributed by atoms with van der Waals surface area (Å²) >= 11 is 0. The topological polar surface area (TPSA) is 72.2 Å². The number of non-ortho nitro benzene ring substituents is 1. The van der Waals surface area contributed by atoms with Gasteiger partial charge in [0.25, 0.3) is 5.69 Å². The van der Waals surface area contributed by atoms with Crippen LogP contribution in [-0.4, -0.2) is 23.6 Å². The first-order chi connectivity index (χ1) is 8.71. The van der Waals surface area contributed by atoms with E-state index in [0.717, 1.165) is 0 Å². The van der Waals surface area contributed by atoms with E-state index in [9.17, 15) is 28.1 Å². The van der Waals surface area contributed by atoms with Crippen molar-refractivity contribution in [3.63, 3.8) is 0 Å². The average Bonchev–Trinajstić information content (AvgIpc) is 2.34. The molecule has 0 aromatic heterocycles. The molecule has 5 nitrogen and oxygen atoms in total. The first kappa shape index (κ1) is 14.9. The maximum atomic E-state index is 12.0. The molecule has 0 bridgehead atoms. The van der Waals surface area contributed by atoms with Crippen molar-refractivity contribution in [2.75, 3.05) is 6.54 Å². The molecule has 1 amide bonds. The number of carbonyl (C=O) groups excluding carboxylic acids is 1. The second kappa shape index (κ2) is 5.68. The number of rotatable bonds is 4. The van der Waals surface area contributed by atoms with Gasteiger partial charge in [0.2, 0.25) is 0 Å². The number of nitro groups is 1. The van der Waals surface area contributed by atoms with Gasteiger partial charge in [-0.1, -0.05) is 19.1 Å². The van der Waals surface area contributed by atoms with Crippen LogP contribution >= 0.6 is 0 Å². The number of carbonyl (C=O) groups is 1. The number of nitrogens with one attached hydrogen (secondary N) is 1. The number of benzene rings is 1. The van der Waals surface area contributed by atoms with Crippen molar-refractivity contribution in [3.05, 3.63) is 39.9 Å². The third-order valence-electron chi connectivity index (χ3n) is 2.50. The van der Waals surface area contributed by atoms with Crippen LogP contribution in [0, 0.1) is 10.1 Å². The first-order valence-electron chi connectivity index (χ1n) is 5.31. The number of hydrogen-bond donors (Lipinski definition) is 1. The molecule has 1 rings (SSSR count). The van der Waals surface area contributed by atoms with E-state index in [2.05, 4.69) is 0 Å². The van der Waals surface area contributed by atoms with Crippen LogP contribution in [0.25, 0.3) is 0 Å². The minimum atomic E-state index is -4.91. The minimum Gasteiger partial charge on any atom is -0.348 e. The molecule has 1 aromatic rings. The lowest BCUT2D eigenvalue weighted by molar-refractivity contribution is -0.384. The standard InChI is InChI=1S/C11H11F3N2O3/c1-7(6-15-10(17)11(12,13)14)8-2-4-9(5-3-8)16(18)19/h2-5,7H,6H2,1H3,(H,15,17). The molecule has 0 aliphatic heterocycles. The first-order valence-corrected chi connectivity index (χ1v) is 5.31. The monoisotopic (exact) mass is 276 g/mol. The highest BCUT2D eigenvalue weighted by Gasteiger charge is 2.38. The Kier molecular flexibility index (Phi) is 4.47. The van der Waals surface area contributed by atoms with Crippen LogP contribution in [0.4, 0.5) is 18.9 Å². The lowest BCUT2D eigenvalue weighted by atomic mass is 10.0. The molecule has 0 saturated heterocycles. The molecule has 0 radical (unpaired) electrons. The molecule has 0 spiro atoms. The number of nitro benzene ring substituents is 1. The van der Waals surface area contributed by atoms with Crippen LogP contribution < -0.4 is 5.32 Å². The number of nitrogens with zero attached hydrogens (tertiary/aromatic N) is 1. The number of halogens is 3. The van der Waals surface area contributed by atoms with Crippen LogP contribution in [0.5, 0.6) is 0 Å². The molecule has 0 aliphatic carbocycles. The Morgan fingerprint density at radius 3 is 2.32 bits per heavy atom. The molecule has 1 N–H and O–H groups in total. The van der Waals surface area contributed by atoms with Crippen LogP contribution in [0.15, 0.2) is 24.3 Å². The Bertz CT molecular complexity index is 471. The summed E-state index contributed by atoms with van der Waals surface area (Å²) in [5.41, 5.74) is 0.503. The summed E-state index contributed by atoms with van der Waals surface area (Å²) in [6.07, 6.45) is -4.91. The second-order valence-electron chi connectivity index (χ2n) is 3.96. The van der Waals surface area contributed by atoms with Crippen LogP contribution in [-0.2, 0) is 4.79 Å². The zero-order valence-electron chi connectivity index (χ0n) is 9.90. The van der Waals surface area contributed by atoms with E-state index in [4.69, 9.17) is 0 Å². The maximum Gasteiger partial charge on any atom is 0.471 e. The van der Waals surface area contributed by atoms with E-state index in [1.165, 1.54) is 24.3 Å². The lowest BCUT2D eigenvalue weighted by Crippen LogP contribution is -2.38. The quantitative estimate of drug-likeness (QED) is 0.677. The number of hydrogen-bond acceptors (Lipinski definition) is 3. The van der Waals surface area contributed by atoms with Gasteiger partial charge in [0.05, 0.1) is 4.92 Å². The van der Waals surface area contributed by atoms with Crippen molar-refractivity contribution in [3.8, 4) is 0 Å². The van der Waals surface area contributed by atoms with Crippen LogP contribution in [0.1, 0.15) is 18.4 Å². The summed E-state index contributed by atoms with van der Waals surface area (Å²) in [6.45, 7) is 1.41. The Morgan fingerprint density at radius 2 is 1.89 bits per heavy atom. The third-order valence-corrected chi connectivity index (χ3v) is 2.50. The van der Waals surface area contributed by atoms with Crippen molar-refractivity contribution in [1.82, 2.24) is 5.32 Å². The Labute approximate surface area is 106 Å². The predicted octanol–water partition coefficient (Wildman–Crippen LogP) is 2.38. The molecule has 1 atom stereocenters. The van der Waals surface area contributed by atoms with E-state index in [1.807, 2.05) is 0 Å². The molecule has 19 heavy (non-hydrogen) atoms. The van der Waals surface area contributed by atoms with Crippen LogP contribution in [0.3, 0.4) is 0 Å². The van der Waals surface area contributed by atoms with E-state index >= 15 is 0 Å². The van der Waals surface area contributed by atoms with E-state index in [-0.39, 0.29) is 18.2 Å². The summed E-state index contributed by atoms with van der Waals surface area (Å²) in [4.78, 5) is 20.5. The van der Waals surface area contributed by atoms with Gasteiger partial charge in [0.1, 0.15) is 0 Å². The Hall–Kier alpha value is -2.12. The highest BCUT2D eigenvalue weighted by Crippen LogP contribution is 2.19. The molecule has 8 heteroatoms. The number of amides is 1. The summed E-state index contributed by atoms with van der Waals surface area (Å²) in [5, 5.41) is 12.2. The largest absolute Gasteiger partial charge is 0.471 e. The highest BCUT2D eigenvalue weighted by molar-refractivity contribution is 5.81. The second-order valence-corrected chi connectivity index (χ2v) is 3.96. The van der Waals surface area contributed by atoms with Crippen molar-refractivity contribution in [1.29, 1.82) is 0 Å². The summed E-state index contributed by atoms with van der Waals surface area (Å²) in [7, 11) is 0. The molecular formula is C11H11F3N2O3. The Morgan fingerprint density at radius 1 is 1.37 bits per heavy atom. The van der Waals surface area contributed by atoms with Gasteiger partial charge in [0.15, 0.2) is 0 Å². The van der Waals surface area contributed by atoms with Crippen LogP contribution in [0.2, 0.25) is 0 Å². The van der Waals surface area contributed by atoms with Crippen molar-refractivity contribution in [2.45, 2.75) is 19.0 Å². The van der Waals surface area contributed by atoms with E-state index in [0.29, 0.717) is 5.56 Å². The van der Waals surface area contributed by atoms with Gasteiger partial charge < -0.3 is 5.32 Å². The van der Waals surface area contributed by atoms with E-state index in [1.54, 1.807) is 12.2 Å². The maximum absolute atomic E-state index is 12.0. The molecule has 104 valence electrons. The molecular weight excluding hydrogens is 265 g/mol.